The fourth-order valence-electron chi connectivity index (χ4n) is 5.76. The second-order valence-electron chi connectivity index (χ2n) is 12.5. The number of rotatable bonds is 4. The Morgan fingerprint density at radius 3 is 1.91 bits per heavy atom. The first-order valence-electron chi connectivity index (χ1n) is 13.8. The van der Waals surface area contributed by atoms with Crippen molar-refractivity contribution < 1.29 is 58.2 Å². The summed E-state index contributed by atoms with van der Waals surface area (Å²) in [6.45, 7) is 6.49. The van der Waals surface area contributed by atoms with Crippen molar-refractivity contribution in [2.45, 2.75) is 84.0 Å². The van der Waals surface area contributed by atoms with E-state index in [1.165, 1.54) is 38.1 Å². The minimum absolute atomic E-state index is 0.176. The van der Waals surface area contributed by atoms with E-state index in [0.717, 1.165) is 4.90 Å². The molecule has 0 spiro atoms. The number of hydrogen-bond acceptors (Lipinski definition) is 6. The lowest BCUT2D eigenvalue weighted by Crippen LogP contribution is -2.60. The molecule has 2 aliphatic heterocycles. The Morgan fingerprint density at radius 1 is 0.872 bits per heavy atom. The molecular formula is C29H29F7I2N2O6S. The van der Waals surface area contributed by atoms with Gasteiger partial charge in [0, 0.05) is 15.7 Å². The molecule has 18 heteroatoms. The van der Waals surface area contributed by atoms with Crippen molar-refractivity contribution in [2.24, 2.45) is 0 Å². The van der Waals surface area contributed by atoms with Crippen LogP contribution in [-0.4, -0.2) is 66.2 Å². The number of alkyl halides is 8. The molecule has 4 rings (SSSR count). The predicted octanol–water partition coefficient (Wildman–Crippen LogP) is 8.39. The highest BCUT2D eigenvalue weighted by Gasteiger charge is 2.74. The maximum Gasteiger partial charge on any atom is 0.435 e. The number of halogens is 9. The van der Waals surface area contributed by atoms with Crippen LogP contribution in [0, 0.1) is 3.57 Å². The first-order chi connectivity index (χ1) is 21.2. The zero-order valence-electron chi connectivity index (χ0n) is 25.4. The first-order valence-corrected chi connectivity index (χ1v) is 17.5. The van der Waals surface area contributed by atoms with E-state index in [1.54, 1.807) is 43.4 Å². The first kappa shape index (κ1) is 37.7. The van der Waals surface area contributed by atoms with Gasteiger partial charge in [0.15, 0.2) is 13.4 Å². The molecule has 0 radical (unpaired) electrons. The van der Waals surface area contributed by atoms with Crippen LogP contribution in [0.15, 0.2) is 47.4 Å². The van der Waals surface area contributed by atoms with Crippen LogP contribution in [-0.2, 0) is 29.7 Å². The van der Waals surface area contributed by atoms with Crippen LogP contribution >= 0.6 is 45.2 Å². The SMILES string of the molecule is CC(C)(C)OC(=O)N1CCC2(S(=O)(=O)c3ccc(I)cc3)c3ccc(C(F)(C(F)(F)F)C(F)(F)F)cc3N(C(=O)OC(C)(C)I)CC12. The van der Waals surface area contributed by atoms with Gasteiger partial charge in [-0.2, -0.15) is 26.3 Å². The second-order valence-corrected chi connectivity index (χ2v) is 18.6. The lowest BCUT2D eigenvalue weighted by molar-refractivity contribution is -0.348. The molecule has 2 unspecified atom stereocenters. The van der Waals surface area contributed by atoms with Crippen LogP contribution in [0.1, 0.15) is 52.2 Å². The van der Waals surface area contributed by atoms with Crippen LogP contribution in [0.4, 0.5) is 46.0 Å². The zero-order valence-corrected chi connectivity index (χ0v) is 30.5. The van der Waals surface area contributed by atoms with E-state index in [-0.39, 0.29) is 23.6 Å². The summed E-state index contributed by atoms with van der Waals surface area (Å²) >= 11 is 3.64. The minimum Gasteiger partial charge on any atom is -0.444 e. The molecule has 8 nitrogen and oxygen atoms in total. The summed E-state index contributed by atoms with van der Waals surface area (Å²) < 4.78 is 136. The van der Waals surface area contributed by atoms with Crippen molar-refractivity contribution >= 4 is 72.9 Å². The van der Waals surface area contributed by atoms with E-state index in [9.17, 15) is 44.3 Å². The number of carbonyl (C=O) groups excluding carboxylic acids is 2. The number of anilines is 1. The Kier molecular flexibility index (Phi) is 9.67. The average molecular weight is 920 g/mol. The van der Waals surface area contributed by atoms with E-state index in [0.29, 0.717) is 14.5 Å². The molecule has 2 heterocycles. The minimum atomic E-state index is -6.49. The molecule has 0 bridgehead atoms. The second kappa shape index (κ2) is 12.0. The van der Waals surface area contributed by atoms with Gasteiger partial charge in [0.2, 0.25) is 0 Å². The normalized spacial score (nSPS) is 20.9. The Morgan fingerprint density at radius 2 is 1.43 bits per heavy atom. The summed E-state index contributed by atoms with van der Waals surface area (Å²) in [5.41, 5.74) is -10.0. The van der Waals surface area contributed by atoms with Gasteiger partial charge in [0.25, 0.3) is 0 Å². The van der Waals surface area contributed by atoms with E-state index >= 15 is 4.39 Å². The lowest BCUT2D eigenvalue weighted by Gasteiger charge is -2.46. The van der Waals surface area contributed by atoms with Gasteiger partial charge in [-0.25, -0.2) is 22.4 Å². The fraction of sp³-hybridized carbons (Fsp3) is 0.517. The third kappa shape index (κ3) is 6.62. The van der Waals surface area contributed by atoms with Crippen LogP contribution in [0.3, 0.4) is 0 Å². The van der Waals surface area contributed by atoms with Gasteiger partial charge in [-0.05, 0) is 122 Å². The predicted molar refractivity (Wildman–Crippen MR) is 173 cm³/mol. The van der Waals surface area contributed by atoms with E-state index in [4.69, 9.17) is 9.47 Å². The van der Waals surface area contributed by atoms with Crippen molar-refractivity contribution in [2.75, 3.05) is 18.0 Å². The molecule has 2 aliphatic rings. The molecule has 47 heavy (non-hydrogen) atoms. The number of benzene rings is 2. The molecule has 1 fully saturated rings. The largest absolute Gasteiger partial charge is 0.444 e. The summed E-state index contributed by atoms with van der Waals surface area (Å²) in [6, 6.07) is 5.04. The van der Waals surface area contributed by atoms with Crippen molar-refractivity contribution in [1.82, 2.24) is 4.90 Å². The molecular weight excluding hydrogens is 891 g/mol. The standard InChI is InChI=1S/C29H29F7I2N2O6S/c1-24(2,3)45-22(41)39-13-12-26(47(43,44)18-9-7-17(37)8-10-18)19-11-6-16(27(30,28(31,32)33)29(34,35)36)14-20(19)40(15-21(26)39)23(42)46-25(4,5)38/h6-11,14,21H,12-13,15H2,1-5H3. The molecule has 0 aliphatic carbocycles. The van der Waals surface area contributed by atoms with Crippen LogP contribution in [0.25, 0.3) is 0 Å². The van der Waals surface area contributed by atoms with E-state index in [2.05, 4.69) is 0 Å². The van der Waals surface area contributed by atoms with Gasteiger partial charge >= 0.3 is 30.2 Å². The monoisotopic (exact) mass is 920 g/mol. The molecule has 2 amide bonds. The Hall–Kier alpha value is -2.10. The Bertz CT molecular complexity index is 1660. The Labute approximate surface area is 293 Å². The van der Waals surface area contributed by atoms with Gasteiger partial charge in [0.05, 0.1) is 23.2 Å². The number of amides is 2. The number of sulfone groups is 1. The van der Waals surface area contributed by atoms with Crippen LogP contribution in [0.5, 0.6) is 0 Å². The van der Waals surface area contributed by atoms with Gasteiger partial charge in [-0.1, -0.05) is 12.1 Å². The number of ether oxygens (including phenoxy) is 2. The molecule has 1 saturated heterocycles. The number of likely N-dealkylation sites (tertiary alicyclic amines) is 1. The van der Waals surface area contributed by atoms with Crippen molar-refractivity contribution in [3.05, 3.63) is 57.2 Å². The molecule has 2 aromatic carbocycles. The lowest BCUT2D eigenvalue weighted by atomic mass is 9.82. The number of fused-ring (bicyclic) bond motifs is 3. The summed E-state index contributed by atoms with van der Waals surface area (Å²) in [6.07, 6.45) is -15.6. The highest BCUT2D eigenvalue weighted by Crippen LogP contribution is 2.58. The Balaban J connectivity index is 2.09. The fourth-order valence-corrected chi connectivity index (χ4v) is 8.61. The number of hydrogen-bond donors (Lipinski definition) is 0. The van der Waals surface area contributed by atoms with Gasteiger partial charge in [-0.15, -0.1) is 0 Å². The number of nitrogens with zero attached hydrogens (tertiary/aromatic N) is 2. The molecule has 0 saturated carbocycles. The van der Waals surface area contributed by atoms with Gasteiger partial charge < -0.3 is 14.4 Å². The third-order valence-electron chi connectivity index (χ3n) is 7.70. The van der Waals surface area contributed by atoms with Crippen LogP contribution in [0.2, 0.25) is 0 Å². The summed E-state index contributed by atoms with van der Waals surface area (Å²) in [5.74, 6) is 0. The number of carbonyl (C=O) groups is 2. The maximum atomic E-state index is 15.4. The van der Waals surface area contributed by atoms with Gasteiger partial charge in [0.1, 0.15) is 10.3 Å². The highest BCUT2D eigenvalue weighted by molar-refractivity contribution is 14.1. The molecule has 260 valence electrons. The van der Waals surface area contributed by atoms with Crippen molar-refractivity contribution in [3.8, 4) is 0 Å². The molecule has 0 N–H and O–H groups in total. The summed E-state index contributed by atoms with van der Waals surface area (Å²) in [5, 5.41) is 0. The molecule has 0 aromatic heterocycles. The third-order valence-corrected chi connectivity index (χ3v) is 11.2. The quantitative estimate of drug-likeness (QED) is 0.174. The summed E-state index contributed by atoms with van der Waals surface area (Å²) in [4.78, 5) is 28.4. The average Bonchev–Trinajstić information content (AvgIpc) is 3.30. The van der Waals surface area contributed by atoms with Crippen molar-refractivity contribution in [3.63, 3.8) is 0 Å². The van der Waals surface area contributed by atoms with E-state index < -0.39 is 89.8 Å². The topological polar surface area (TPSA) is 93.2 Å². The molecule has 2 aromatic rings. The summed E-state index contributed by atoms with van der Waals surface area (Å²) in [7, 11) is -4.66. The van der Waals surface area contributed by atoms with Crippen LogP contribution < -0.4 is 4.90 Å². The zero-order chi connectivity index (χ0) is 35.8. The smallest absolute Gasteiger partial charge is 0.435 e. The van der Waals surface area contributed by atoms with Crippen molar-refractivity contribution in [1.29, 1.82) is 0 Å². The molecule has 2 atom stereocenters. The van der Waals surface area contributed by atoms with Gasteiger partial charge in [-0.3, -0.25) is 4.90 Å². The highest BCUT2D eigenvalue weighted by atomic mass is 127. The van der Waals surface area contributed by atoms with E-state index in [1.807, 2.05) is 22.6 Å². The maximum absolute atomic E-state index is 15.4.